The molecule has 0 spiro atoms. The van der Waals surface area contributed by atoms with Crippen molar-refractivity contribution in [2.45, 2.75) is 11.8 Å². The highest BCUT2D eigenvalue weighted by molar-refractivity contribution is 7.92. The second kappa shape index (κ2) is 6.66. The zero-order valence-electron chi connectivity index (χ0n) is 12.6. The van der Waals surface area contributed by atoms with Crippen LogP contribution < -0.4 is 9.41 Å². The van der Waals surface area contributed by atoms with Crippen molar-refractivity contribution in [3.05, 3.63) is 72.3 Å². The number of hydrogen-bond donors (Lipinski definition) is 0. The van der Waals surface area contributed by atoms with E-state index in [0.29, 0.717) is 0 Å². The number of anilines is 1. The molecule has 0 N–H and O–H groups in total. The van der Waals surface area contributed by atoms with Crippen LogP contribution in [-0.2, 0) is 10.0 Å². The fourth-order valence-corrected chi connectivity index (χ4v) is 3.60. The molecular weight excluding hydrogens is 314 g/mol. The molecule has 120 valence electrons. The molecule has 2 rings (SSSR count). The van der Waals surface area contributed by atoms with Crippen molar-refractivity contribution in [2.24, 2.45) is 0 Å². The summed E-state index contributed by atoms with van der Waals surface area (Å²) in [5, 5.41) is 11.3. The van der Waals surface area contributed by atoms with Crippen LogP contribution in [-0.4, -0.2) is 20.9 Å². The molecule has 2 aromatic rings. The van der Waals surface area contributed by atoms with Gasteiger partial charge in [0.1, 0.15) is 0 Å². The number of nitrogens with zero attached hydrogens (tertiary/aromatic N) is 1. The molecule has 23 heavy (non-hydrogen) atoms. The lowest BCUT2D eigenvalue weighted by atomic mass is 10.2. The molecule has 0 saturated carbocycles. The molecule has 0 atom stereocenters. The highest BCUT2D eigenvalue weighted by atomic mass is 32.2. The highest BCUT2D eigenvalue weighted by Crippen LogP contribution is 2.27. The summed E-state index contributed by atoms with van der Waals surface area (Å²) >= 11 is 0. The number of rotatable bonds is 6. The van der Waals surface area contributed by atoms with Crippen LogP contribution in [0.1, 0.15) is 15.9 Å². The predicted octanol–water partition coefficient (Wildman–Crippen LogP) is 1.74. The molecule has 0 bridgehead atoms. The molecule has 6 heteroatoms. The first-order valence-corrected chi connectivity index (χ1v) is 8.32. The first-order valence-electron chi connectivity index (χ1n) is 6.88. The first kappa shape index (κ1) is 16.8. The van der Waals surface area contributed by atoms with Gasteiger partial charge in [-0.3, -0.25) is 4.31 Å². The van der Waals surface area contributed by atoms with Crippen molar-refractivity contribution in [2.75, 3.05) is 10.8 Å². The maximum absolute atomic E-state index is 12.9. The van der Waals surface area contributed by atoms with E-state index in [2.05, 4.69) is 6.58 Å². The van der Waals surface area contributed by atoms with Crippen LogP contribution in [0, 0.1) is 6.92 Å². The van der Waals surface area contributed by atoms with Gasteiger partial charge in [0.2, 0.25) is 0 Å². The summed E-state index contributed by atoms with van der Waals surface area (Å²) in [5.41, 5.74) is 0.785. The molecule has 2 aromatic carbocycles. The molecule has 5 nitrogen and oxygen atoms in total. The van der Waals surface area contributed by atoms with Gasteiger partial charge < -0.3 is 9.90 Å². The summed E-state index contributed by atoms with van der Waals surface area (Å²) in [6.07, 6.45) is 1.40. The first-order chi connectivity index (χ1) is 10.9. The maximum atomic E-state index is 12.9. The fourth-order valence-electron chi connectivity index (χ4n) is 2.14. The van der Waals surface area contributed by atoms with Crippen molar-refractivity contribution < 1.29 is 18.3 Å². The third-order valence-corrected chi connectivity index (χ3v) is 5.09. The van der Waals surface area contributed by atoms with Crippen molar-refractivity contribution in [1.29, 1.82) is 0 Å². The number of carboxylic acids is 1. The number of carboxylic acid groups (broad SMARTS) is 1. The SMILES string of the molecule is C=CCN(c1ccccc1C(=O)[O-])S(=O)(=O)c1ccc(C)cc1. The normalized spacial score (nSPS) is 11.0. The third kappa shape index (κ3) is 3.43. The summed E-state index contributed by atoms with van der Waals surface area (Å²) in [6.45, 7) is 5.35. The van der Waals surface area contributed by atoms with Gasteiger partial charge in [-0.25, -0.2) is 8.42 Å². The van der Waals surface area contributed by atoms with Crippen LogP contribution in [0.4, 0.5) is 5.69 Å². The highest BCUT2D eigenvalue weighted by Gasteiger charge is 2.25. The molecule has 0 amide bonds. The Bertz CT molecular complexity index is 826. The van der Waals surface area contributed by atoms with E-state index in [9.17, 15) is 18.3 Å². The summed E-state index contributed by atoms with van der Waals surface area (Å²) in [7, 11) is -3.92. The van der Waals surface area contributed by atoms with Crippen LogP contribution >= 0.6 is 0 Å². The molecule has 0 unspecified atom stereocenters. The summed E-state index contributed by atoms with van der Waals surface area (Å²) in [5.74, 6) is -1.44. The van der Waals surface area contributed by atoms with Gasteiger partial charge in [0.25, 0.3) is 10.0 Å². The summed E-state index contributed by atoms with van der Waals surface area (Å²) in [4.78, 5) is 11.4. The number of aryl methyl sites for hydroxylation is 1. The maximum Gasteiger partial charge on any atom is 0.264 e. The largest absolute Gasteiger partial charge is 0.545 e. The number of para-hydroxylation sites is 1. The van der Waals surface area contributed by atoms with Crippen LogP contribution in [0.15, 0.2) is 66.1 Å². The van der Waals surface area contributed by atoms with Gasteiger partial charge in [-0.15, -0.1) is 6.58 Å². The van der Waals surface area contributed by atoms with Crippen LogP contribution in [0.3, 0.4) is 0 Å². The predicted molar refractivity (Wildman–Crippen MR) is 86.7 cm³/mol. The second-order valence-electron chi connectivity index (χ2n) is 4.94. The number of carbonyl (C=O) groups is 1. The van der Waals surface area contributed by atoms with Gasteiger partial charge in [0.05, 0.1) is 23.1 Å². The lowest BCUT2D eigenvalue weighted by Gasteiger charge is -2.25. The van der Waals surface area contributed by atoms with Gasteiger partial charge in [-0.2, -0.15) is 0 Å². The average Bonchev–Trinajstić information content (AvgIpc) is 2.53. The zero-order chi connectivity index (χ0) is 17.0. The topological polar surface area (TPSA) is 77.5 Å². The average molecular weight is 330 g/mol. The number of benzene rings is 2. The smallest absolute Gasteiger partial charge is 0.264 e. The van der Waals surface area contributed by atoms with E-state index in [1.54, 1.807) is 18.2 Å². The van der Waals surface area contributed by atoms with Gasteiger partial charge in [-0.05, 0) is 25.1 Å². The Morgan fingerprint density at radius 3 is 2.35 bits per heavy atom. The van der Waals surface area contributed by atoms with Crippen LogP contribution in [0.25, 0.3) is 0 Å². The quantitative estimate of drug-likeness (QED) is 0.756. The molecule has 0 aromatic heterocycles. The minimum Gasteiger partial charge on any atom is -0.545 e. The van der Waals surface area contributed by atoms with E-state index in [1.165, 1.54) is 36.4 Å². The number of hydrogen-bond acceptors (Lipinski definition) is 4. The van der Waals surface area contributed by atoms with Gasteiger partial charge in [0.15, 0.2) is 0 Å². The molecule has 0 radical (unpaired) electrons. The summed E-state index contributed by atoms with van der Waals surface area (Å²) in [6, 6.07) is 12.2. The van der Waals surface area contributed by atoms with E-state index in [1.807, 2.05) is 6.92 Å². The van der Waals surface area contributed by atoms with Crippen molar-refractivity contribution in [1.82, 2.24) is 0 Å². The molecular formula is C17H16NO4S-. The molecule has 0 heterocycles. The van der Waals surface area contributed by atoms with Crippen molar-refractivity contribution in [3.8, 4) is 0 Å². The Hall–Kier alpha value is -2.60. The van der Waals surface area contributed by atoms with Crippen LogP contribution in [0.5, 0.6) is 0 Å². The van der Waals surface area contributed by atoms with E-state index < -0.39 is 16.0 Å². The summed E-state index contributed by atoms with van der Waals surface area (Å²) < 4.78 is 26.8. The van der Waals surface area contributed by atoms with E-state index in [-0.39, 0.29) is 22.7 Å². The monoisotopic (exact) mass is 330 g/mol. The molecule has 0 aliphatic rings. The van der Waals surface area contributed by atoms with E-state index in [4.69, 9.17) is 0 Å². The van der Waals surface area contributed by atoms with E-state index >= 15 is 0 Å². The standard InChI is InChI=1S/C17H17NO4S/c1-3-12-18(16-7-5-4-6-15(16)17(19)20)23(21,22)14-10-8-13(2)9-11-14/h3-11H,1,12H2,2H3,(H,19,20)/p-1. The third-order valence-electron chi connectivity index (χ3n) is 3.30. The minimum absolute atomic E-state index is 0.0491. The Labute approximate surface area is 135 Å². The fraction of sp³-hybridized carbons (Fsp3) is 0.118. The number of carbonyl (C=O) groups excluding carboxylic acids is 1. The Morgan fingerprint density at radius 2 is 1.78 bits per heavy atom. The van der Waals surface area contributed by atoms with Gasteiger partial charge >= 0.3 is 0 Å². The van der Waals surface area contributed by atoms with Gasteiger partial charge in [0, 0.05) is 5.56 Å². The second-order valence-corrected chi connectivity index (χ2v) is 6.80. The molecule has 0 fully saturated rings. The molecule has 0 aliphatic carbocycles. The lowest BCUT2D eigenvalue weighted by molar-refractivity contribution is -0.254. The Morgan fingerprint density at radius 1 is 1.17 bits per heavy atom. The molecule has 0 saturated heterocycles. The van der Waals surface area contributed by atoms with Crippen molar-refractivity contribution >= 4 is 21.7 Å². The van der Waals surface area contributed by atoms with Crippen molar-refractivity contribution in [3.63, 3.8) is 0 Å². The van der Waals surface area contributed by atoms with Crippen LogP contribution in [0.2, 0.25) is 0 Å². The lowest BCUT2D eigenvalue weighted by Crippen LogP contribution is -2.34. The Balaban J connectivity index is 2.61. The van der Waals surface area contributed by atoms with Gasteiger partial charge in [-0.1, -0.05) is 42.0 Å². The number of sulfonamides is 1. The zero-order valence-corrected chi connectivity index (χ0v) is 13.4. The van der Waals surface area contributed by atoms with E-state index in [0.717, 1.165) is 9.87 Å². The minimum atomic E-state index is -3.92. The Kier molecular flexibility index (Phi) is 4.86. The number of aromatic carboxylic acids is 1. The molecule has 0 aliphatic heterocycles.